The molecule has 8 nitrogen and oxygen atoms in total. The SMILES string of the molecule is O=C(NC(Cc1cc(=O)[nH]c2ccccc12)C(=O)OCCn1ccnc1)c1ccc(Cl)cc1. The van der Waals surface area contributed by atoms with Crippen LogP contribution in [0.25, 0.3) is 10.9 Å². The van der Waals surface area contributed by atoms with Crippen molar-refractivity contribution < 1.29 is 14.3 Å². The van der Waals surface area contributed by atoms with Gasteiger partial charge in [-0.05, 0) is 35.9 Å². The van der Waals surface area contributed by atoms with Gasteiger partial charge in [0.25, 0.3) is 5.91 Å². The highest BCUT2D eigenvalue weighted by atomic mass is 35.5. The van der Waals surface area contributed by atoms with Crippen molar-refractivity contribution in [2.45, 2.75) is 19.0 Å². The maximum Gasteiger partial charge on any atom is 0.329 e. The summed E-state index contributed by atoms with van der Waals surface area (Å²) in [6.45, 7) is 0.538. The number of esters is 1. The van der Waals surface area contributed by atoms with Crippen LogP contribution < -0.4 is 10.9 Å². The number of hydrogen-bond donors (Lipinski definition) is 2. The van der Waals surface area contributed by atoms with E-state index in [1.807, 2.05) is 18.2 Å². The summed E-state index contributed by atoms with van der Waals surface area (Å²) in [5.41, 5.74) is 1.34. The third kappa shape index (κ3) is 5.67. The Labute approximate surface area is 194 Å². The number of fused-ring (bicyclic) bond motifs is 1. The Morgan fingerprint density at radius 3 is 2.70 bits per heavy atom. The van der Waals surface area contributed by atoms with E-state index in [-0.39, 0.29) is 18.6 Å². The van der Waals surface area contributed by atoms with E-state index in [0.717, 1.165) is 5.39 Å². The van der Waals surface area contributed by atoms with Crippen LogP contribution in [0.15, 0.2) is 78.1 Å². The Morgan fingerprint density at radius 2 is 1.94 bits per heavy atom. The fourth-order valence-electron chi connectivity index (χ4n) is 3.47. The molecule has 1 atom stereocenters. The summed E-state index contributed by atoms with van der Waals surface area (Å²) in [6.07, 6.45) is 5.11. The van der Waals surface area contributed by atoms with Crippen molar-refractivity contribution in [3.05, 3.63) is 99.8 Å². The van der Waals surface area contributed by atoms with Crippen LogP contribution in [-0.4, -0.2) is 39.1 Å². The molecule has 0 aliphatic heterocycles. The molecule has 0 radical (unpaired) electrons. The first-order valence-corrected chi connectivity index (χ1v) is 10.7. The lowest BCUT2D eigenvalue weighted by Gasteiger charge is -2.19. The summed E-state index contributed by atoms with van der Waals surface area (Å²) in [7, 11) is 0. The van der Waals surface area contributed by atoms with E-state index in [1.165, 1.54) is 6.07 Å². The molecule has 2 aromatic carbocycles. The fourth-order valence-corrected chi connectivity index (χ4v) is 3.60. The molecule has 9 heteroatoms. The van der Waals surface area contributed by atoms with E-state index in [1.54, 1.807) is 53.6 Å². The number of nitrogens with zero attached hydrogens (tertiary/aromatic N) is 2. The second-order valence-corrected chi connectivity index (χ2v) is 7.85. The monoisotopic (exact) mass is 464 g/mol. The summed E-state index contributed by atoms with van der Waals surface area (Å²) >= 11 is 5.90. The van der Waals surface area contributed by atoms with Gasteiger partial charge in [-0.3, -0.25) is 9.59 Å². The number of para-hydroxylation sites is 1. The molecule has 0 spiro atoms. The molecule has 168 valence electrons. The number of carbonyl (C=O) groups excluding carboxylic acids is 2. The largest absolute Gasteiger partial charge is 0.462 e. The van der Waals surface area contributed by atoms with Gasteiger partial charge in [0.15, 0.2) is 0 Å². The van der Waals surface area contributed by atoms with Crippen LogP contribution in [0.1, 0.15) is 15.9 Å². The van der Waals surface area contributed by atoms with Crippen molar-refractivity contribution in [3.63, 3.8) is 0 Å². The van der Waals surface area contributed by atoms with E-state index in [9.17, 15) is 14.4 Å². The molecule has 2 aromatic heterocycles. The molecule has 2 heterocycles. The summed E-state index contributed by atoms with van der Waals surface area (Å²) in [4.78, 5) is 44.6. The van der Waals surface area contributed by atoms with Gasteiger partial charge in [-0.15, -0.1) is 0 Å². The van der Waals surface area contributed by atoms with Crippen molar-refractivity contribution in [1.29, 1.82) is 0 Å². The zero-order valence-corrected chi connectivity index (χ0v) is 18.3. The van der Waals surface area contributed by atoms with Crippen LogP contribution in [0.4, 0.5) is 0 Å². The molecule has 0 bridgehead atoms. The number of rotatable bonds is 8. The van der Waals surface area contributed by atoms with E-state index in [2.05, 4.69) is 15.3 Å². The number of aromatic nitrogens is 3. The highest BCUT2D eigenvalue weighted by Gasteiger charge is 2.24. The number of hydrogen-bond acceptors (Lipinski definition) is 5. The standard InChI is InChI=1S/C24H21ClN4O4/c25-18-7-5-16(6-8-18)23(31)28-21(24(32)33-12-11-29-10-9-26-15-29)13-17-14-22(30)27-20-4-2-1-3-19(17)20/h1-10,14-15,21H,11-13H2,(H,27,30)(H,28,31). The van der Waals surface area contributed by atoms with Crippen LogP contribution in [0, 0.1) is 0 Å². The quantitative estimate of drug-likeness (QED) is 0.390. The molecular formula is C24H21ClN4O4. The number of benzene rings is 2. The number of H-pyrrole nitrogens is 1. The number of ether oxygens (including phenoxy) is 1. The number of nitrogens with one attached hydrogen (secondary N) is 2. The Bertz CT molecular complexity index is 1320. The topological polar surface area (TPSA) is 106 Å². The first-order valence-electron chi connectivity index (χ1n) is 10.3. The van der Waals surface area contributed by atoms with Crippen LogP contribution >= 0.6 is 11.6 Å². The summed E-state index contributed by atoms with van der Waals surface area (Å²) in [6, 6.07) is 14.1. The highest BCUT2D eigenvalue weighted by molar-refractivity contribution is 6.30. The van der Waals surface area contributed by atoms with Gasteiger partial charge in [0.1, 0.15) is 12.6 Å². The van der Waals surface area contributed by atoms with Gasteiger partial charge in [-0.1, -0.05) is 29.8 Å². The smallest absolute Gasteiger partial charge is 0.329 e. The average molecular weight is 465 g/mol. The summed E-state index contributed by atoms with van der Waals surface area (Å²) < 4.78 is 7.22. The van der Waals surface area contributed by atoms with Crippen LogP contribution in [0.5, 0.6) is 0 Å². The molecule has 0 aliphatic carbocycles. The van der Waals surface area contributed by atoms with E-state index in [0.29, 0.717) is 28.2 Å². The first kappa shape index (κ1) is 22.3. The van der Waals surface area contributed by atoms with Crippen molar-refractivity contribution >= 4 is 34.4 Å². The first-order chi connectivity index (χ1) is 16.0. The predicted octanol–water partition coefficient (Wildman–Crippen LogP) is 2.96. The van der Waals surface area contributed by atoms with Crippen molar-refractivity contribution in [3.8, 4) is 0 Å². The molecule has 2 N–H and O–H groups in total. The maximum atomic E-state index is 12.9. The third-order valence-electron chi connectivity index (χ3n) is 5.11. The molecule has 0 fully saturated rings. The lowest BCUT2D eigenvalue weighted by molar-refractivity contribution is -0.146. The van der Waals surface area contributed by atoms with Gasteiger partial charge in [-0.2, -0.15) is 0 Å². The Kier molecular flexibility index (Phi) is 6.85. The summed E-state index contributed by atoms with van der Waals surface area (Å²) in [5.74, 6) is -1.04. The van der Waals surface area contributed by atoms with Crippen LogP contribution in [-0.2, 0) is 22.5 Å². The zero-order chi connectivity index (χ0) is 23.2. The average Bonchev–Trinajstić information content (AvgIpc) is 3.32. The van der Waals surface area contributed by atoms with Gasteiger partial charge < -0.3 is 19.6 Å². The second kappa shape index (κ2) is 10.1. The van der Waals surface area contributed by atoms with Gasteiger partial charge in [0.05, 0.1) is 12.9 Å². The van der Waals surface area contributed by atoms with Crippen LogP contribution in [0.3, 0.4) is 0 Å². The van der Waals surface area contributed by atoms with Gasteiger partial charge in [0, 0.05) is 46.4 Å². The minimum atomic E-state index is -0.999. The van der Waals surface area contributed by atoms with E-state index in [4.69, 9.17) is 16.3 Å². The molecule has 33 heavy (non-hydrogen) atoms. The lowest BCUT2D eigenvalue weighted by atomic mass is 10.0. The van der Waals surface area contributed by atoms with Gasteiger partial charge in [-0.25, -0.2) is 9.78 Å². The van der Waals surface area contributed by atoms with Gasteiger partial charge >= 0.3 is 5.97 Å². The molecule has 0 saturated carbocycles. The number of imidazole rings is 1. The number of carbonyl (C=O) groups is 2. The number of halogens is 1. The Hall–Kier alpha value is -3.91. The lowest BCUT2D eigenvalue weighted by Crippen LogP contribution is -2.43. The number of aromatic amines is 1. The molecular weight excluding hydrogens is 444 g/mol. The zero-order valence-electron chi connectivity index (χ0n) is 17.5. The van der Waals surface area contributed by atoms with Crippen molar-refractivity contribution in [1.82, 2.24) is 19.9 Å². The third-order valence-corrected chi connectivity index (χ3v) is 5.36. The minimum absolute atomic E-state index is 0.0909. The van der Waals surface area contributed by atoms with Crippen molar-refractivity contribution in [2.75, 3.05) is 6.61 Å². The number of amides is 1. The predicted molar refractivity (Wildman–Crippen MR) is 124 cm³/mol. The fraction of sp³-hybridized carbons (Fsp3) is 0.167. The van der Waals surface area contributed by atoms with Crippen molar-refractivity contribution in [2.24, 2.45) is 0 Å². The Balaban J connectivity index is 1.56. The molecule has 1 unspecified atom stereocenters. The molecule has 4 rings (SSSR count). The summed E-state index contributed by atoms with van der Waals surface area (Å²) in [5, 5.41) is 4.02. The van der Waals surface area contributed by atoms with Crippen LogP contribution in [0.2, 0.25) is 5.02 Å². The maximum absolute atomic E-state index is 12.9. The van der Waals surface area contributed by atoms with Gasteiger partial charge in [0.2, 0.25) is 5.56 Å². The Morgan fingerprint density at radius 1 is 1.15 bits per heavy atom. The van der Waals surface area contributed by atoms with E-state index >= 15 is 0 Å². The molecule has 1 amide bonds. The minimum Gasteiger partial charge on any atom is -0.462 e. The second-order valence-electron chi connectivity index (χ2n) is 7.41. The normalized spacial score (nSPS) is 11.8. The molecule has 0 saturated heterocycles. The van der Waals surface area contributed by atoms with E-state index < -0.39 is 17.9 Å². The highest BCUT2D eigenvalue weighted by Crippen LogP contribution is 2.17. The number of pyridine rings is 1. The molecule has 0 aliphatic rings. The molecule has 4 aromatic rings.